The minimum Gasteiger partial charge on any atom is -0.480 e. The van der Waals surface area contributed by atoms with Crippen LogP contribution >= 0.6 is 23.2 Å². The van der Waals surface area contributed by atoms with Crippen molar-refractivity contribution < 1.29 is 14.3 Å². The number of nitrogens with one attached hydrogen (secondary N) is 4. The molecule has 1 aliphatic heterocycles. The summed E-state index contributed by atoms with van der Waals surface area (Å²) in [5, 5.41) is 13.7. The van der Waals surface area contributed by atoms with Gasteiger partial charge in [-0.3, -0.25) is 14.8 Å². The van der Waals surface area contributed by atoms with E-state index in [1.807, 2.05) is 36.4 Å². The fourth-order valence-electron chi connectivity index (χ4n) is 5.33. The molecule has 0 bridgehead atoms. The molecule has 1 saturated heterocycles. The zero-order valence-corrected chi connectivity index (χ0v) is 28.1. The maximum absolute atomic E-state index is 11.1. The Kier molecular flexibility index (Phi) is 11.6. The average molecular weight is 678 g/mol. The molecule has 1 aliphatic rings. The number of hydrogen-bond acceptors (Lipinski definition) is 10. The molecule has 5 rings (SSSR count). The molecule has 4 aromatic rings. The van der Waals surface area contributed by atoms with Gasteiger partial charge in [-0.15, -0.1) is 0 Å². The number of nitrogens with zero attached hydrogens (tertiary/aromatic N) is 4. The number of hydrogen-bond donors (Lipinski definition) is 4. The first-order valence-corrected chi connectivity index (χ1v) is 16.0. The summed E-state index contributed by atoms with van der Waals surface area (Å²) in [6, 6.07) is 11.7. The quantitative estimate of drug-likeness (QED) is 0.132. The molecule has 246 valence electrons. The maximum Gasteiger partial charge on any atom is 0.237 e. The van der Waals surface area contributed by atoms with Crippen molar-refractivity contribution in [2.75, 3.05) is 33.9 Å². The summed E-state index contributed by atoms with van der Waals surface area (Å²) in [6.45, 7) is 8.30. The number of methoxy groups -OCH3 is 2. The first-order chi connectivity index (χ1) is 22.8. The van der Waals surface area contributed by atoms with Crippen LogP contribution < -0.4 is 30.7 Å². The van der Waals surface area contributed by atoms with Crippen molar-refractivity contribution in [2.24, 2.45) is 0 Å². The van der Waals surface area contributed by atoms with E-state index < -0.39 is 0 Å². The number of ether oxygens (including phenoxy) is 2. The first kappa shape index (κ1) is 34.1. The Morgan fingerprint density at radius 3 is 1.89 bits per heavy atom. The lowest BCUT2D eigenvalue weighted by Gasteiger charge is -2.15. The van der Waals surface area contributed by atoms with Gasteiger partial charge in [0.1, 0.15) is 11.4 Å². The van der Waals surface area contributed by atoms with Crippen LogP contribution in [-0.2, 0) is 17.9 Å². The summed E-state index contributed by atoms with van der Waals surface area (Å²) in [6.07, 6.45) is 5.42. The summed E-state index contributed by atoms with van der Waals surface area (Å²) < 4.78 is 11.1. The standard InChI is InChI=1S/C34H38Cl2N8O3/c1-20-11-12-22(42-20)15-38-17-30-34(47-4)44-28(19-41-30)26-10-6-8-24(32(26)36)23-7-5-9-25(31(23)35)27-18-40-29(33(43-27)46-3)16-37-13-14-39-21(2)45/h5-10,18-19,22,37-38,42H,1,11-17H2,2-4H3,(H,39,45)/t22-/m0/s1. The molecule has 2 aromatic heterocycles. The van der Waals surface area contributed by atoms with Gasteiger partial charge in [-0.05, 0) is 12.8 Å². The van der Waals surface area contributed by atoms with E-state index in [1.54, 1.807) is 26.6 Å². The highest BCUT2D eigenvalue weighted by atomic mass is 35.5. The summed E-state index contributed by atoms with van der Waals surface area (Å²) in [5.74, 6) is 0.731. The van der Waals surface area contributed by atoms with E-state index in [9.17, 15) is 4.79 Å². The SMILES string of the molecule is C=C1CC[C@@H](CNCc2ncc(-c3cccc(-c4cccc(-c5cnc(CNCCNC(C)=O)c(OC)n5)c4Cl)c3Cl)nc2OC)N1. The zero-order chi connectivity index (χ0) is 33.3. The lowest BCUT2D eigenvalue weighted by molar-refractivity contribution is -0.118. The molecule has 0 radical (unpaired) electrons. The van der Waals surface area contributed by atoms with E-state index in [0.717, 1.165) is 36.2 Å². The van der Waals surface area contributed by atoms with Crippen molar-refractivity contribution in [1.82, 2.24) is 41.2 Å². The van der Waals surface area contributed by atoms with Crippen LogP contribution in [0.15, 0.2) is 61.1 Å². The second-order valence-corrected chi connectivity index (χ2v) is 11.8. The van der Waals surface area contributed by atoms with Crippen LogP contribution in [0, 0.1) is 0 Å². The van der Waals surface area contributed by atoms with Gasteiger partial charge in [0.2, 0.25) is 17.7 Å². The van der Waals surface area contributed by atoms with Gasteiger partial charge >= 0.3 is 0 Å². The van der Waals surface area contributed by atoms with Gasteiger partial charge in [-0.2, -0.15) is 0 Å². The van der Waals surface area contributed by atoms with E-state index >= 15 is 0 Å². The predicted octanol–water partition coefficient (Wildman–Crippen LogP) is 5.17. The lowest BCUT2D eigenvalue weighted by Crippen LogP contribution is -2.33. The Morgan fingerprint density at radius 2 is 1.40 bits per heavy atom. The van der Waals surface area contributed by atoms with Gasteiger partial charge in [0.25, 0.3) is 0 Å². The van der Waals surface area contributed by atoms with Crippen molar-refractivity contribution in [3.63, 3.8) is 0 Å². The van der Waals surface area contributed by atoms with E-state index in [2.05, 4.69) is 42.8 Å². The molecule has 13 heteroatoms. The second kappa shape index (κ2) is 16.0. The minimum absolute atomic E-state index is 0.0767. The third-order valence-electron chi connectivity index (χ3n) is 7.70. The monoisotopic (exact) mass is 676 g/mol. The van der Waals surface area contributed by atoms with Gasteiger partial charge in [-0.25, -0.2) is 9.97 Å². The van der Waals surface area contributed by atoms with Gasteiger partial charge in [0, 0.05) is 73.6 Å². The molecule has 0 unspecified atom stereocenters. The van der Waals surface area contributed by atoms with E-state index in [1.165, 1.54) is 6.92 Å². The first-order valence-electron chi connectivity index (χ1n) is 15.3. The molecular weight excluding hydrogens is 639 g/mol. The fourth-order valence-corrected chi connectivity index (χ4v) is 5.98. The van der Waals surface area contributed by atoms with Gasteiger partial charge in [0.15, 0.2) is 0 Å². The Hall–Kier alpha value is -4.29. The molecule has 3 heterocycles. The highest BCUT2D eigenvalue weighted by Gasteiger charge is 2.20. The normalized spacial score (nSPS) is 14.1. The third-order valence-corrected chi connectivity index (χ3v) is 8.52. The molecule has 0 spiro atoms. The fraction of sp³-hybridized carbons (Fsp3) is 0.324. The summed E-state index contributed by atoms with van der Waals surface area (Å²) in [5.41, 5.74) is 6.38. The number of rotatable bonds is 14. The zero-order valence-electron chi connectivity index (χ0n) is 26.6. The second-order valence-electron chi connectivity index (χ2n) is 11.0. The molecule has 47 heavy (non-hydrogen) atoms. The van der Waals surface area contributed by atoms with Crippen LogP contribution in [0.25, 0.3) is 33.6 Å². The van der Waals surface area contributed by atoms with Crippen LogP contribution in [0.1, 0.15) is 31.2 Å². The average Bonchev–Trinajstić information content (AvgIpc) is 3.49. The molecule has 1 fully saturated rings. The van der Waals surface area contributed by atoms with Gasteiger partial charge in [0.05, 0.1) is 48.0 Å². The number of carbonyl (C=O) groups is 1. The minimum atomic E-state index is -0.0767. The number of allylic oxidation sites excluding steroid dienone is 1. The van der Waals surface area contributed by atoms with Crippen LogP contribution in [0.3, 0.4) is 0 Å². The number of halogens is 2. The lowest BCUT2D eigenvalue weighted by atomic mass is 9.98. The molecule has 1 atom stereocenters. The summed E-state index contributed by atoms with van der Waals surface area (Å²) in [7, 11) is 3.13. The Labute approximate surface area is 284 Å². The molecule has 11 nitrogen and oxygen atoms in total. The van der Waals surface area contributed by atoms with Crippen LogP contribution in [-0.4, -0.2) is 65.7 Å². The van der Waals surface area contributed by atoms with Crippen molar-refractivity contribution in [2.45, 2.75) is 38.9 Å². The third kappa shape index (κ3) is 8.36. The number of carbonyl (C=O) groups excluding carboxylic acids is 1. The predicted molar refractivity (Wildman–Crippen MR) is 184 cm³/mol. The number of amides is 1. The molecule has 0 aliphatic carbocycles. The highest BCUT2D eigenvalue weighted by Crippen LogP contribution is 2.42. The van der Waals surface area contributed by atoms with Crippen molar-refractivity contribution in [1.29, 1.82) is 0 Å². The van der Waals surface area contributed by atoms with Crippen LogP contribution in [0.2, 0.25) is 10.0 Å². The number of benzene rings is 2. The Bertz CT molecular complexity index is 1750. The van der Waals surface area contributed by atoms with Crippen molar-refractivity contribution >= 4 is 29.1 Å². The van der Waals surface area contributed by atoms with Crippen molar-refractivity contribution in [3.8, 4) is 45.4 Å². The summed E-state index contributed by atoms with van der Waals surface area (Å²) in [4.78, 5) is 29.8. The van der Waals surface area contributed by atoms with Crippen LogP contribution in [0.4, 0.5) is 0 Å². The molecule has 0 saturated carbocycles. The van der Waals surface area contributed by atoms with E-state index in [0.29, 0.717) is 87.9 Å². The molecule has 4 N–H and O–H groups in total. The van der Waals surface area contributed by atoms with Gasteiger partial charge in [-0.1, -0.05) is 66.2 Å². The molecule has 2 aromatic carbocycles. The molecule has 1 amide bonds. The van der Waals surface area contributed by atoms with Crippen molar-refractivity contribution in [3.05, 3.63) is 82.5 Å². The Balaban J connectivity index is 1.35. The highest BCUT2D eigenvalue weighted by molar-refractivity contribution is 6.39. The topological polar surface area (TPSA) is 135 Å². The summed E-state index contributed by atoms with van der Waals surface area (Å²) >= 11 is 14.1. The Morgan fingerprint density at radius 1 is 0.872 bits per heavy atom. The van der Waals surface area contributed by atoms with Crippen LogP contribution in [0.5, 0.6) is 11.8 Å². The largest absolute Gasteiger partial charge is 0.480 e. The molecular formula is C34H38Cl2N8O3. The van der Waals surface area contributed by atoms with E-state index in [-0.39, 0.29) is 5.91 Å². The van der Waals surface area contributed by atoms with E-state index in [4.69, 9.17) is 37.7 Å². The smallest absolute Gasteiger partial charge is 0.237 e. The number of aromatic nitrogens is 4. The van der Waals surface area contributed by atoms with Gasteiger partial charge < -0.3 is 30.7 Å². The maximum atomic E-state index is 11.1.